The highest BCUT2D eigenvalue weighted by Gasteiger charge is 2.10. The minimum Gasteiger partial charge on any atom is -0.384 e. The SMILES string of the molecule is OC(c1cncnc1)c1ccnc(Cl)c1. The first-order valence-corrected chi connectivity index (χ1v) is 4.69. The van der Waals surface area contributed by atoms with Crippen molar-refractivity contribution in [2.75, 3.05) is 0 Å². The Morgan fingerprint density at radius 3 is 2.60 bits per heavy atom. The van der Waals surface area contributed by atoms with Gasteiger partial charge in [-0.05, 0) is 17.7 Å². The van der Waals surface area contributed by atoms with Crippen LogP contribution in [-0.2, 0) is 0 Å². The van der Waals surface area contributed by atoms with E-state index in [1.165, 1.54) is 6.33 Å². The molecule has 4 nitrogen and oxygen atoms in total. The Balaban J connectivity index is 2.32. The molecule has 0 saturated carbocycles. The number of aromatic nitrogens is 3. The Morgan fingerprint density at radius 1 is 1.20 bits per heavy atom. The molecule has 0 spiro atoms. The largest absolute Gasteiger partial charge is 0.384 e. The van der Waals surface area contributed by atoms with Crippen molar-refractivity contribution in [1.82, 2.24) is 15.0 Å². The molecule has 0 aliphatic rings. The van der Waals surface area contributed by atoms with Gasteiger partial charge in [0.1, 0.15) is 17.6 Å². The average Bonchev–Trinajstić information content (AvgIpc) is 2.29. The number of hydrogen-bond acceptors (Lipinski definition) is 4. The minimum atomic E-state index is -0.772. The fourth-order valence-electron chi connectivity index (χ4n) is 1.23. The molecule has 5 heteroatoms. The van der Waals surface area contributed by atoms with E-state index in [1.807, 2.05) is 0 Å². The van der Waals surface area contributed by atoms with E-state index in [0.717, 1.165) is 0 Å². The topological polar surface area (TPSA) is 58.9 Å². The van der Waals surface area contributed by atoms with E-state index < -0.39 is 6.10 Å². The summed E-state index contributed by atoms with van der Waals surface area (Å²) in [6.45, 7) is 0. The lowest BCUT2D eigenvalue weighted by Gasteiger charge is -2.09. The van der Waals surface area contributed by atoms with Gasteiger partial charge in [0, 0.05) is 24.2 Å². The summed E-state index contributed by atoms with van der Waals surface area (Å²) in [6.07, 6.45) is 5.31. The predicted molar refractivity (Wildman–Crippen MR) is 55.3 cm³/mol. The van der Waals surface area contributed by atoms with Crippen molar-refractivity contribution in [3.8, 4) is 0 Å². The van der Waals surface area contributed by atoms with Crippen LogP contribution in [0.2, 0.25) is 5.15 Å². The van der Waals surface area contributed by atoms with Gasteiger partial charge in [-0.25, -0.2) is 15.0 Å². The van der Waals surface area contributed by atoms with Crippen molar-refractivity contribution in [2.24, 2.45) is 0 Å². The first-order valence-electron chi connectivity index (χ1n) is 4.32. The number of hydrogen-bond donors (Lipinski definition) is 1. The molecule has 1 unspecified atom stereocenters. The molecule has 0 radical (unpaired) electrons. The van der Waals surface area contributed by atoms with Crippen LogP contribution in [0, 0.1) is 0 Å². The van der Waals surface area contributed by atoms with Crippen LogP contribution in [0.25, 0.3) is 0 Å². The molecular formula is C10H8ClN3O. The van der Waals surface area contributed by atoms with E-state index in [2.05, 4.69) is 15.0 Å². The molecule has 0 saturated heterocycles. The molecule has 0 aromatic carbocycles. The molecule has 2 heterocycles. The summed E-state index contributed by atoms with van der Waals surface area (Å²) in [4.78, 5) is 11.5. The van der Waals surface area contributed by atoms with Crippen LogP contribution in [0.4, 0.5) is 0 Å². The lowest BCUT2D eigenvalue weighted by atomic mass is 10.1. The molecule has 1 N–H and O–H groups in total. The van der Waals surface area contributed by atoms with Crippen LogP contribution in [0.1, 0.15) is 17.2 Å². The third kappa shape index (κ3) is 2.29. The summed E-state index contributed by atoms with van der Waals surface area (Å²) >= 11 is 5.72. The fourth-order valence-corrected chi connectivity index (χ4v) is 1.41. The molecular weight excluding hydrogens is 214 g/mol. The number of nitrogens with zero attached hydrogens (tertiary/aromatic N) is 3. The maximum atomic E-state index is 9.95. The Hall–Kier alpha value is -1.52. The van der Waals surface area contributed by atoms with Gasteiger partial charge in [0.2, 0.25) is 0 Å². The van der Waals surface area contributed by atoms with E-state index in [0.29, 0.717) is 16.3 Å². The van der Waals surface area contributed by atoms with Gasteiger partial charge < -0.3 is 5.11 Å². The summed E-state index contributed by atoms with van der Waals surface area (Å²) in [5.74, 6) is 0. The highest BCUT2D eigenvalue weighted by atomic mass is 35.5. The zero-order valence-corrected chi connectivity index (χ0v) is 8.46. The Labute approximate surface area is 91.6 Å². The third-order valence-electron chi connectivity index (χ3n) is 1.96. The number of rotatable bonds is 2. The summed E-state index contributed by atoms with van der Waals surface area (Å²) < 4.78 is 0. The van der Waals surface area contributed by atoms with Crippen molar-refractivity contribution in [2.45, 2.75) is 6.10 Å². The monoisotopic (exact) mass is 221 g/mol. The van der Waals surface area contributed by atoms with Gasteiger partial charge >= 0.3 is 0 Å². The van der Waals surface area contributed by atoms with Gasteiger partial charge in [0.15, 0.2) is 0 Å². The van der Waals surface area contributed by atoms with Gasteiger partial charge in [0.05, 0.1) is 0 Å². The Bertz CT molecular complexity index is 449. The number of aliphatic hydroxyl groups excluding tert-OH is 1. The van der Waals surface area contributed by atoms with Crippen LogP contribution in [0.3, 0.4) is 0 Å². The zero-order chi connectivity index (χ0) is 10.7. The minimum absolute atomic E-state index is 0.350. The van der Waals surface area contributed by atoms with Gasteiger partial charge in [-0.15, -0.1) is 0 Å². The summed E-state index contributed by atoms with van der Waals surface area (Å²) in [7, 11) is 0. The molecule has 2 aromatic rings. The van der Waals surface area contributed by atoms with Gasteiger partial charge in [-0.1, -0.05) is 11.6 Å². The Morgan fingerprint density at radius 2 is 1.93 bits per heavy atom. The van der Waals surface area contributed by atoms with Gasteiger partial charge in [-0.2, -0.15) is 0 Å². The van der Waals surface area contributed by atoms with Crippen molar-refractivity contribution in [3.05, 3.63) is 53.3 Å². The zero-order valence-electron chi connectivity index (χ0n) is 7.71. The van der Waals surface area contributed by atoms with E-state index in [1.54, 1.807) is 30.7 Å². The predicted octanol–water partition coefficient (Wildman–Crippen LogP) is 1.61. The van der Waals surface area contributed by atoms with Crippen molar-refractivity contribution >= 4 is 11.6 Å². The van der Waals surface area contributed by atoms with Crippen molar-refractivity contribution in [1.29, 1.82) is 0 Å². The standard InChI is InChI=1S/C10H8ClN3O/c11-9-3-7(1-2-14-9)10(15)8-4-12-6-13-5-8/h1-6,10,15H. The quantitative estimate of drug-likeness (QED) is 0.783. The molecule has 0 aliphatic carbocycles. The third-order valence-corrected chi connectivity index (χ3v) is 2.17. The molecule has 15 heavy (non-hydrogen) atoms. The normalized spacial score (nSPS) is 12.4. The highest BCUT2D eigenvalue weighted by Crippen LogP contribution is 2.21. The number of pyridine rings is 1. The molecule has 0 aliphatic heterocycles. The first-order chi connectivity index (χ1) is 7.27. The first kappa shape index (κ1) is 10.0. The maximum absolute atomic E-state index is 9.95. The molecule has 0 fully saturated rings. The van der Waals surface area contributed by atoms with Crippen LogP contribution in [0.15, 0.2) is 37.1 Å². The molecule has 2 aromatic heterocycles. The van der Waals surface area contributed by atoms with Crippen LogP contribution in [0.5, 0.6) is 0 Å². The number of aliphatic hydroxyl groups is 1. The lowest BCUT2D eigenvalue weighted by molar-refractivity contribution is 0.219. The lowest BCUT2D eigenvalue weighted by Crippen LogP contribution is -2.00. The maximum Gasteiger partial charge on any atom is 0.129 e. The van der Waals surface area contributed by atoms with Crippen molar-refractivity contribution < 1.29 is 5.11 Å². The van der Waals surface area contributed by atoms with E-state index in [-0.39, 0.29) is 0 Å². The van der Waals surface area contributed by atoms with Gasteiger partial charge in [0.25, 0.3) is 0 Å². The van der Waals surface area contributed by atoms with E-state index in [4.69, 9.17) is 11.6 Å². The summed E-state index contributed by atoms with van der Waals surface area (Å²) in [5, 5.41) is 10.3. The van der Waals surface area contributed by atoms with Crippen molar-refractivity contribution in [3.63, 3.8) is 0 Å². The molecule has 0 bridgehead atoms. The fraction of sp³-hybridized carbons (Fsp3) is 0.100. The van der Waals surface area contributed by atoms with E-state index in [9.17, 15) is 5.11 Å². The average molecular weight is 222 g/mol. The van der Waals surface area contributed by atoms with Crippen LogP contribution in [-0.4, -0.2) is 20.1 Å². The molecule has 2 rings (SSSR count). The smallest absolute Gasteiger partial charge is 0.129 e. The Kier molecular flexibility index (Phi) is 2.89. The second-order valence-corrected chi connectivity index (χ2v) is 3.37. The van der Waals surface area contributed by atoms with Crippen LogP contribution >= 0.6 is 11.6 Å². The van der Waals surface area contributed by atoms with E-state index >= 15 is 0 Å². The highest BCUT2D eigenvalue weighted by molar-refractivity contribution is 6.29. The second-order valence-electron chi connectivity index (χ2n) is 2.99. The molecule has 0 amide bonds. The van der Waals surface area contributed by atoms with Crippen LogP contribution < -0.4 is 0 Å². The molecule has 76 valence electrons. The summed E-state index contributed by atoms with van der Waals surface area (Å²) in [6, 6.07) is 3.31. The second kappa shape index (κ2) is 4.33. The van der Waals surface area contributed by atoms with Gasteiger partial charge in [-0.3, -0.25) is 0 Å². The molecule has 1 atom stereocenters. The summed E-state index contributed by atoms with van der Waals surface area (Å²) in [5.41, 5.74) is 1.30. The number of halogens is 1.